The third-order valence-corrected chi connectivity index (χ3v) is 3.23. The molecular formula is C14H17BrN2O. The first-order chi connectivity index (χ1) is 8.56. The van der Waals surface area contributed by atoms with E-state index in [9.17, 15) is 0 Å². The molecule has 0 saturated heterocycles. The topological polar surface area (TPSA) is 27.1 Å². The highest BCUT2D eigenvalue weighted by Crippen LogP contribution is 2.29. The fourth-order valence-electron chi connectivity index (χ4n) is 1.79. The summed E-state index contributed by atoms with van der Waals surface area (Å²) in [5.41, 5.74) is 2.15. The van der Waals surface area contributed by atoms with Crippen LogP contribution in [0.4, 0.5) is 0 Å². The van der Waals surface area contributed by atoms with Crippen LogP contribution >= 0.6 is 15.9 Å². The lowest BCUT2D eigenvalue weighted by Gasteiger charge is -2.13. The van der Waals surface area contributed by atoms with E-state index in [1.165, 1.54) is 5.56 Å². The maximum Gasteiger partial charge on any atom is 0.132 e. The number of ether oxygens (including phenoxy) is 1. The molecular weight excluding hydrogens is 292 g/mol. The zero-order valence-electron chi connectivity index (χ0n) is 10.9. The molecule has 0 fully saturated rings. The zero-order valence-corrected chi connectivity index (χ0v) is 12.4. The number of hydrogen-bond donors (Lipinski definition) is 0. The van der Waals surface area contributed by atoms with Crippen molar-refractivity contribution >= 4 is 15.9 Å². The molecule has 0 atom stereocenters. The maximum atomic E-state index is 5.86. The number of aryl methyl sites for hydroxylation is 1. The van der Waals surface area contributed by atoms with Crippen LogP contribution in [-0.4, -0.2) is 9.78 Å². The Bertz CT molecular complexity index is 534. The predicted molar refractivity (Wildman–Crippen MR) is 75.8 cm³/mol. The first-order valence-electron chi connectivity index (χ1n) is 5.97. The summed E-state index contributed by atoms with van der Waals surface area (Å²) in [6.07, 6.45) is 1.92. The van der Waals surface area contributed by atoms with Crippen molar-refractivity contribution in [2.24, 2.45) is 7.05 Å². The summed E-state index contributed by atoms with van der Waals surface area (Å²) >= 11 is 3.49. The van der Waals surface area contributed by atoms with Crippen LogP contribution in [0, 0.1) is 0 Å². The van der Waals surface area contributed by atoms with E-state index in [-0.39, 0.29) is 0 Å². The van der Waals surface area contributed by atoms with Crippen LogP contribution in [0.5, 0.6) is 5.75 Å². The molecule has 0 aliphatic carbocycles. The second kappa shape index (κ2) is 5.57. The normalized spacial score (nSPS) is 10.9. The Hall–Kier alpha value is -1.29. The Kier molecular flexibility index (Phi) is 4.07. The molecule has 0 radical (unpaired) electrons. The molecule has 1 aromatic carbocycles. The van der Waals surface area contributed by atoms with Crippen molar-refractivity contribution in [2.45, 2.75) is 26.4 Å². The maximum absolute atomic E-state index is 5.86. The quantitative estimate of drug-likeness (QED) is 0.857. The Morgan fingerprint density at radius 1 is 1.33 bits per heavy atom. The van der Waals surface area contributed by atoms with E-state index in [1.54, 1.807) is 4.68 Å². The lowest BCUT2D eigenvalue weighted by molar-refractivity contribution is 0.295. The fraction of sp³-hybridized carbons (Fsp3) is 0.357. The fourth-order valence-corrected chi connectivity index (χ4v) is 2.17. The van der Waals surface area contributed by atoms with Crippen LogP contribution in [0.25, 0.3) is 0 Å². The van der Waals surface area contributed by atoms with Crippen LogP contribution in [-0.2, 0) is 13.7 Å². The van der Waals surface area contributed by atoms with Gasteiger partial charge in [0.05, 0.1) is 5.69 Å². The van der Waals surface area contributed by atoms with Crippen LogP contribution in [0.15, 0.2) is 34.9 Å². The summed E-state index contributed by atoms with van der Waals surface area (Å²) in [7, 11) is 1.91. The number of hydrogen-bond acceptors (Lipinski definition) is 2. The molecule has 0 aliphatic heterocycles. The third kappa shape index (κ3) is 3.13. The molecule has 0 aliphatic rings. The van der Waals surface area contributed by atoms with E-state index in [0.29, 0.717) is 12.5 Å². The van der Waals surface area contributed by atoms with Crippen LogP contribution in [0.3, 0.4) is 0 Å². The minimum atomic E-state index is 0.432. The van der Waals surface area contributed by atoms with E-state index < -0.39 is 0 Å². The summed E-state index contributed by atoms with van der Waals surface area (Å²) in [6.45, 7) is 4.83. The lowest BCUT2D eigenvalue weighted by atomic mass is 10.0. The summed E-state index contributed by atoms with van der Waals surface area (Å²) in [5.74, 6) is 1.36. The van der Waals surface area contributed by atoms with Crippen molar-refractivity contribution in [1.82, 2.24) is 9.78 Å². The van der Waals surface area contributed by atoms with Crippen molar-refractivity contribution in [2.75, 3.05) is 0 Å². The first-order valence-corrected chi connectivity index (χ1v) is 6.76. The molecule has 96 valence electrons. The van der Waals surface area contributed by atoms with Gasteiger partial charge in [-0.2, -0.15) is 5.10 Å². The summed E-state index contributed by atoms with van der Waals surface area (Å²) in [4.78, 5) is 0. The number of halogens is 1. The predicted octanol–water partition coefficient (Wildman–Crippen LogP) is 3.89. The van der Waals surface area contributed by atoms with Gasteiger partial charge in [-0.3, -0.25) is 4.68 Å². The molecule has 0 saturated carbocycles. The lowest BCUT2D eigenvalue weighted by Crippen LogP contribution is -2.01. The molecule has 1 heterocycles. The number of benzene rings is 1. The van der Waals surface area contributed by atoms with Crippen molar-refractivity contribution in [3.63, 3.8) is 0 Å². The zero-order chi connectivity index (χ0) is 13.1. The van der Waals surface area contributed by atoms with Gasteiger partial charge in [0.2, 0.25) is 0 Å². The largest absolute Gasteiger partial charge is 0.487 e. The standard InChI is InChI=1S/C14H17BrN2O/c1-10(2)13-8-11(15)4-5-14(13)18-9-12-6-7-17(3)16-12/h4-8,10H,9H2,1-3H3. The summed E-state index contributed by atoms with van der Waals surface area (Å²) in [6, 6.07) is 8.08. The highest BCUT2D eigenvalue weighted by atomic mass is 79.9. The van der Waals surface area contributed by atoms with Gasteiger partial charge in [0.25, 0.3) is 0 Å². The van der Waals surface area contributed by atoms with Crippen LogP contribution in [0.2, 0.25) is 0 Å². The number of aromatic nitrogens is 2. The van der Waals surface area contributed by atoms with E-state index in [2.05, 4.69) is 40.9 Å². The second-order valence-corrected chi connectivity index (χ2v) is 5.52. The third-order valence-electron chi connectivity index (χ3n) is 2.74. The highest BCUT2D eigenvalue weighted by molar-refractivity contribution is 9.10. The van der Waals surface area contributed by atoms with Gasteiger partial charge < -0.3 is 4.74 Å². The molecule has 18 heavy (non-hydrogen) atoms. The summed E-state index contributed by atoms with van der Waals surface area (Å²) in [5, 5.41) is 4.30. The molecule has 0 spiro atoms. The molecule has 2 aromatic rings. The Morgan fingerprint density at radius 3 is 2.72 bits per heavy atom. The van der Waals surface area contributed by atoms with E-state index >= 15 is 0 Å². The Morgan fingerprint density at radius 2 is 2.11 bits per heavy atom. The van der Waals surface area contributed by atoms with Gasteiger partial charge in [0.15, 0.2) is 0 Å². The van der Waals surface area contributed by atoms with Gasteiger partial charge in [-0.05, 0) is 35.7 Å². The SMILES string of the molecule is CC(C)c1cc(Br)ccc1OCc1ccn(C)n1. The van der Waals surface area contributed by atoms with Gasteiger partial charge in [-0.25, -0.2) is 0 Å². The molecule has 0 bridgehead atoms. The monoisotopic (exact) mass is 308 g/mol. The molecule has 4 heteroatoms. The van der Waals surface area contributed by atoms with Gasteiger partial charge in [-0.1, -0.05) is 29.8 Å². The molecule has 0 amide bonds. The number of nitrogens with zero attached hydrogens (tertiary/aromatic N) is 2. The minimum Gasteiger partial charge on any atom is -0.487 e. The van der Waals surface area contributed by atoms with E-state index in [4.69, 9.17) is 4.74 Å². The summed E-state index contributed by atoms with van der Waals surface area (Å²) < 4.78 is 8.72. The second-order valence-electron chi connectivity index (χ2n) is 4.61. The molecule has 0 N–H and O–H groups in total. The van der Waals surface area contributed by atoms with E-state index in [0.717, 1.165) is 15.9 Å². The molecule has 1 aromatic heterocycles. The van der Waals surface area contributed by atoms with E-state index in [1.807, 2.05) is 31.4 Å². The molecule has 2 rings (SSSR count). The van der Waals surface area contributed by atoms with Crippen molar-refractivity contribution in [3.8, 4) is 5.75 Å². The van der Waals surface area contributed by atoms with Crippen molar-refractivity contribution in [3.05, 3.63) is 46.2 Å². The molecule has 3 nitrogen and oxygen atoms in total. The van der Waals surface area contributed by atoms with Crippen molar-refractivity contribution in [1.29, 1.82) is 0 Å². The Labute approximate surface area is 116 Å². The van der Waals surface area contributed by atoms with Crippen LogP contribution < -0.4 is 4.74 Å². The minimum absolute atomic E-state index is 0.432. The average molecular weight is 309 g/mol. The first kappa shape index (κ1) is 13.1. The molecule has 0 unspecified atom stereocenters. The average Bonchev–Trinajstić information content (AvgIpc) is 2.73. The van der Waals surface area contributed by atoms with Gasteiger partial charge >= 0.3 is 0 Å². The van der Waals surface area contributed by atoms with Gasteiger partial charge in [0.1, 0.15) is 12.4 Å². The van der Waals surface area contributed by atoms with Crippen LogP contribution in [0.1, 0.15) is 31.0 Å². The highest BCUT2D eigenvalue weighted by Gasteiger charge is 2.09. The van der Waals surface area contributed by atoms with Gasteiger partial charge in [0, 0.05) is 17.7 Å². The smallest absolute Gasteiger partial charge is 0.132 e. The van der Waals surface area contributed by atoms with Crippen molar-refractivity contribution < 1.29 is 4.74 Å². The number of rotatable bonds is 4. The van der Waals surface area contributed by atoms with Gasteiger partial charge in [-0.15, -0.1) is 0 Å². The Balaban J connectivity index is 2.13.